The Morgan fingerprint density at radius 1 is 1.27 bits per heavy atom. The molecule has 0 N–H and O–H groups in total. The zero-order valence-electron chi connectivity index (χ0n) is 13.1. The van der Waals surface area contributed by atoms with Gasteiger partial charge in [-0.25, -0.2) is 9.78 Å². The van der Waals surface area contributed by atoms with Gasteiger partial charge in [-0.15, -0.1) is 22.7 Å². The molecule has 0 spiro atoms. The molecule has 0 saturated carbocycles. The van der Waals surface area contributed by atoms with E-state index in [1.54, 1.807) is 34.9 Å². The molecule has 0 saturated heterocycles. The van der Waals surface area contributed by atoms with Crippen LogP contribution in [0.1, 0.15) is 9.88 Å². The number of benzene rings is 1. The lowest BCUT2D eigenvalue weighted by Gasteiger charge is -2.00. The maximum absolute atomic E-state index is 12.3. The van der Waals surface area contributed by atoms with Crippen molar-refractivity contribution >= 4 is 61.2 Å². The van der Waals surface area contributed by atoms with Crippen LogP contribution in [0.5, 0.6) is 0 Å². The first-order valence-corrected chi connectivity index (χ1v) is 10.0. The van der Waals surface area contributed by atoms with Gasteiger partial charge in [0.05, 0.1) is 16.8 Å². The Morgan fingerprint density at radius 2 is 2.15 bits per heavy atom. The summed E-state index contributed by atoms with van der Waals surface area (Å²) in [6, 6.07) is 13.3. The Bertz CT molecular complexity index is 1230. The van der Waals surface area contributed by atoms with Crippen molar-refractivity contribution in [3.05, 3.63) is 71.9 Å². The summed E-state index contributed by atoms with van der Waals surface area (Å²) in [5.41, 5.74) is 1.43. The van der Waals surface area contributed by atoms with Gasteiger partial charge in [0, 0.05) is 20.1 Å². The Hall–Kier alpha value is -2.53. The monoisotopic (exact) mass is 440 g/mol. The predicted octanol–water partition coefficient (Wildman–Crippen LogP) is 5.80. The van der Waals surface area contributed by atoms with Gasteiger partial charge in [-0.05, 0) is 41.8 Å². The molecule has 7 heteroatoms. The molecule has 3 aromatic heterocycles. The largest absolute Gasteiger partial charge is 0.422 e. The molecule has 4 nitrogen and oxygen atoms in total. The molecule has 3 heterocycles. The van der Waals surface area contributed by atoms with Crippen LogP contribution in [0.15, 0.2) is 60.8 Å². The SMILES string of the molecule is N#CC(=Cc1cccs1)c1nc(-c2cc3cc(Br)ccc3oc2=O)cs1. The van der Waals surface area contributed by atoms with E-state index in [9.17, 15) is 10.1 Å². The van der Waals surface area contributed by atoms with Crippen molar-refractivity contribution in [2.75, 3.05) is 0 Å². The van der Waals surface area contributed by atoms with Crippen molar-refractivity contribution in [2.45, 2.75) is 0 Å². The van der Waals surface area contributed by atoms with Gasteiger partial charge in [-0.1, -0.05) is 22.0 Å². The maximum Gasteiger partial charge on any atom is 0.345 e. The summed E-state index contributed by atoms with van der Waals surface area (Å²) < 4.78 is 6.29. The quantitative estimate of drug-likeness (QED) is 0.298. The average molecular weight is 441 g/mol. The van der Waals surface area contributed by atoms with Crippen molar-refractivity contribution in [1.29, 1.82) is 5.26 Å². The Labute approximate surface area is 164 Å². The number of thiazole rings is 1. The third-order valence-electron chi connectivity index (χ3n) is 3.66. The lowest BCUT2D eigenvalue weighted by atomic mass is 10.1. The predicted molar refractivity (Wildman–Crippen MR) is 109 cm³/mol. The third-order valence-corrected chi connectivity index (χ3v) is 5.84. The normalized spacial score (nSPS) is 11.6. The summed E-state index contributed by atoms with van der Waals surface area (Å²) >= 11 is 6.30. The number of rotatable bonds is 3. The molecule has 0 bridgehead atoms. The van der Waals surface area contributed by atoms with E-state index < -0.39 is 5.63 Å². The van der Waals surface area contributed by atoms with E-state index in [0.717, 1.165) is 14.7 Å². The lowest BCUT2D eigenvalue weighted by molar-refractivity contribution is 0.563. The molecular weight excluding hydrogens is 432 g/mol. The fourth-order valence-corrected chi connectivity index (χ4v) is 4.27. The highest BCUT2D eigenvalue weighted by molar-refractivity contribution is 9.10. The zero-order valence-corrected chi connectivity index (χ0v) is 16.3. The number of hydrogen-bond acceptors (Lipinski definition) is 6. The van der Waals surface area contributed by atoms with E-state index in [2.05, 4.69) is 27.0 Å². The summed E-state index contributed by atoms with van der Waals surface area (Å²) in [6.45, 7) is 0. The highest BCUT2D eigenvalue weighted by Gasteiger charge is 2.14. The summed E-state index contributed by atoms with van der Waals surface area (Å²) in [5.74, 6) is 0. The van der Waals surface area contributed by atoms with Gasteiger partial charge < -0.3 is 4.42 Å². The molecule has 0 aliphatic heterocycles. The summed E-state index contributed by atoms with van der Waals surface area (Å²) in [4.78, 5) is 17.8. The molecular formula is C19H9BrN2O2S2. The minimum atomic E-state index is -0.447. The van der Waals surface area contributed by atoms with Crippen LogP contribution >= 0.6 is 38.6 Å². The molecule has 0 aliphatic carbocycles. The van der Waals surface area contributed by atoms with E-state index in [0.29, 0.717) is 27.4 Å². The van der Waals surface area contributed by atoms with Crippen molar-refractivity contribution in [2.24, 2.45) is 0 Å². The van der Waals surface area contributed by atoms with Gasteiger partial charge in [-0.3, -0.25) is 0 Å². The molecule has 0 radical (unpaired) electrons. The average Bonchev–Trinajstić information content (AvgIpc) is 3.31. The van der Waals surface area contributed by atoms with Crippen LogP contribution in [-0.4, -0.2) is 4.98 Å². The second-order valence-corrected chi connectivity index (χ2v) is 8.11. The molecule has 0 fully saturated rings. The van der Waals surface area contributed by atoms with Crippen LogP contribution in [0.3, 0.4) is 0 Å². The zero-order chi connectivity index (χ0) is 18.1. The number of fused-ring (bicyclic) bond motifs is 1. The smallest absolute Gasteiger partial charge is 0.345 e. The Balaban J connectivity index is 1.79. The number of halogens is 1. The van der Waals surface area contributed by atoms with Crippen LogP contribution in [0.4, 0.5) is 0 Å². The molecule has 126 valence electrons. The molecule has 0 atom stereocenters. The van der Waals surface area contributed by atoms with Crippen molar-refractivity contribution < 1.29 is 4.42 Å². The second kappa shape index (κ2) is 7.00. The van der Waals surface area contributed by atoms with Gasteiger partial charge in [0.2, 0.25) is 0 Å². The molecule has 1 aromatic carbocycles. The standard InChI is InChI=1S/C19H9BrN2O2S2/c20-13-3-4-17-11(6-13)8-15(19(23)24-17)16-10-26-18(22-16)12(9-21)7-14-2-1-5-25-14/h1-8,10H. The number of aromatic nitrogens is 1. The van der Waals surface area contributed by atoms with Gasteiger partial charge in [0.15, 0.2) is 0 Å². The lowest BCUT2D eigenvalue weighted by Crippen LogP contribution is -2.02. The first-order valence-electron chi connectivity index (χ1n) is 7.49. The highest BCUT2D eigenvalue weighted by Crippen LogP contribution is 2.28. The van der Waals surface area contributed by atoms with E-state index >= 15 is 0 Å². The van der Waals surface area contributed by atoms with Crippen LogP contribution < -0.4 is 5.63 Å². The summed E-state index contributed by atoms with van der Waals surface area (Å²) in [5, 5.41) is 14.5. The van der Waals surface area contributed by atoms with E-state index in [4.69, 9.17) is 4.42 Å². The van der Waals surface area contributed by atoms with Crippen LogP contribution in [0, 0.1) is 11.3 Å². The van der Waals surface area contributed by atoms with E-state index in [-0.39, 0.29) is 0 Å². The minimum Gasteiger partial charge on any atom is -0.422 e. The molecule has 4 aromatic rings. The first-order chi connectivity index (χ1) is 12.6. The fraction of sp³-hybridized carbons (Fsp3) is 0. The Morgan fingerprint density at radius 3 is 2.92 bits per heavy atom. The van der Waals surface area contributed by atoms with E-state index in [1.807, 2.05) is 29.6 Å². The topological polar surface area (TPSA) is 66.9 Å². The van der Waals surface area contributed by atoms with Gasteiger partial charge in [0.1, 0.15) is 16.7 Å². The number of hydrogen-bond donors (Lipinski definition) is 0. The molecule has 0 aliphatic rings. The van der Waals surface area contributed by atoms with Gasteiger partial charge >= 0.3 is 5.63 Å². The highest BCUT2D eigenvalue weighted by atomic mass is 79.9. The van der Waals surface area contributed by atoms with Crippen molar-refractivity contribution in [3.63, 3.8) is 0 Å². The van der Waals surface area contributed by atoms with Crippen LogP contribution in [0.25, 0.3) is 33.9 Å². The molecule has 4 rings (SSSR count). The first kappa shape index (κ1) is 16.9. The minimum absolute atomic E-state index is 0.381. The van der Waals surface area contributed by atoms with E-state index in [1.165, 1.54) is 11.3 Å². The number of nitriles is 1. The second-order valence-electron chi connectivity index (χ2n) is 5.35. The molecule has 0 unspecified atom stereocenters. The molecule has 26 heavy (non-hydrogen) atoms. The number of allylic oxidation sites excluding steroid dienone is 1. The van der Waals surface area contributed by atoms with Crippen molar-refractivity contribution in [3.8, 4) is 17.3 Å². The number of thiophene rings is 1. The summed E-state index contributed by atoms with van der Waals surface area (Å²) in [7, 11) is 0. The fourth-order valence-electron chi connectivity index (χ4n) is 2.45. The van der Waals surface area contributed by atoms with Crippen LogP contribution in [-0.2, 0) is 0 Å². The maximum atomic E-state index is 12.3. The van der Waals surface area contributed by atoms with Crippen LogP contribution in [0.2, 0.25) is 0 Å². The molecule has 0 amide bonds. The summed E-state index contributed by atoms with van der Waals surface area (Å²) in [6.07, 6.45) is 1.80. The van der Waals surface area contributed by atoms with Gasteiger partial charge in [0.25, 0.3) is 0 Å². The number of nitrogens with zero attached hydrogens (tertiary/aromatic N) is 2. The third kappa shape index (κ3) is 3.27. The Kier molecular flexibility index (Phi) is 4.55. The van der Waals surface area contributed by atoms with Crippen molar-refractivity contribution in [1.82, 2.24) is 4.98 Å². The van der Waals surface area contributed by atoms with Gasteiger partial charge in [-0.2, -0.15) is 5.26 Å².